The number of benzene rings is 1. The van der Waals surface area contributed by atoms with Crippen molar-refractivity contribution >= 4 is 17.7 Å². The molecule has 0 atom stereocenters. The number of nitrogens with two attached hydrogens (primary N) is 1. The Morgan fingerprint density at radius 1 is 1.40 bits per heavy atom. The third-order valence-electron chi connectivity index (χ3n) is 1.85. The highest BCUT2D eigenvalue weighted by Crippen LogP contribution is 2.18. The van der Waals surface area contributed by atoms with Gasteiger partial charge in [-0.3, -0.25) is 0 Å². The molecule has 0 radical (unpaired) electrons. The lowest BCUT2D eigenvalue weighted by Gasteiger charge is -2.02. The maximum Gasteiger partial charge on any atom is 0.321 e. The Bertz CT molecular complexity index is 483. The van der Waals surface area contributed by atoms with Crippen molar-refractivity contribution in [2.24, 2.45) is 0 Å². The largest absolute Gasteiger partial charge is 0.389 e. The molecule has 6 heteroatoms. The molecule has 15 heavy (non-hydrogen) atoms. The summed E-state index contributed by atoms with van der Waals surface area (Å²) in [5, 5.41) is 9.90. The van der Waals surface area contributed by atoms with Gasteiger partial charge >= 0.3 is 12.0 Å². The number of rotatable bonds is 2. The quantitative estimate of drug-likeness (QED) is 0.787. The van der Waals surface area contributed by atoms with Crippen molar-refractivity contribution in [3.8, 4) is 0 Å². The first-order chi connectivity index (χ1) is 7.15. The normalized spacial score (nSPS) is 10.3. The van der Waals surface area contributed by atoms with Gasteiger partial charge in [-0.2, -0.15) is 0 Å². The van der Waals surface area contributed by atoms with Gasteiger partial charge < -0.3 is 15.5 Å². The highest BCUT2D eigenvalue weighted by Gasteiger charge is 2.04. The fraction of sp³-hybridized carbons (Fsp3) is 0.111. The molecule has 2 rings (SSSR count). The predicted octanol–water partition coefficient (Wildman–Crippen LogP) is 1.84. The van der Waals surface area contributed by atoms with Gasteiger partial charge in [-0.05, 0) is 30.7 Å². The lowest BCUT2D eigenvalue weighted by molar-refractivity contribution is 0.593. The molecular formula is C9H9FN4O. The van der Waals surface area contributed by atoms with Crippen molar-refractivity contribution in [3.05, 3.63) is 29.6 Å². The van der Waals surface area contributed by atoms with Crippen LogP contribution in [0.4, 0.5) is 22.1 Å². The van der Waals surface area contributed by atoms with E-state index in [0.717, 1.165) is 0 Å². The molecule has 0 bridgehead atoms. The number of nitrogens with zero attached hydrogens (tertiary/aromatic N) is 2. The summed E-state index contributed by atoms with van der Waals surface area (Å²) in [6.45, 7) is 1.67. The predicted molar refractivity (Wildman–Crippen MR) is 53.1 cm³/mol. The summed E-state index contributed by atoms with van der Waals surface area (Å²) in [5.41, 5.74) is 6.45. The van der Waals surface area contributed by atoms with E-state index in [9.17, 15) is 4.39 Å². The van der Waals surface area contributed by atoms with Gasteiger partial charge in [0.25, 0.3) is 0 Å². The molecule has 3 N–H and O–H groups in total. The van der Waals surface area contributed by atoms with Gasteiger partial charge in [0.2, 0.25) is 0 Å². The molecule has 0 unspecified atom stereocenters. The summed E-state index contributed by atoms with van der Waals surface area (Å²) in [7, 11) is 0. The van der Waals surface area contributed by atoms with Gasteiger partial charge in [-0.25, -0.2) is 4.39 Å². The maximum atomic E-state index is 12.9. The molecule has 2 aromatic rings. The molecule has 0 fully saturated rings. The molecule has 0 saturated carbocycles. The van der Waals surface area contributed by atoms with E-state index < -0.39 is 0 Å². The number of aromatic nitrogens is 2. The topological polar surface area (TPSA) is 77.0 Å². The van der Waals surface area contributed by atoms with Crippen molar-refractivity contribution in [1.82, 2.24) is 10.2 Å². The Morgan fingerprint density at radius 2 is 2.20 bits per heavy atom. The Morgan fingerprint density at radius 3 is 2.80 bits per heavy atom. The third kappa shape index (κ3) is 2.04. The number of nitrogens with one attached hydrogen (secondary N) is 1. The van der Waals surface area contributed by atoms with E-state index in [2.05, 4.69) is 15.5 Å². The fourth-order valence-electron chi connectivity index (χ4n) is 1.13. The molecule has 1 heterocycles. The van der Waals surface area contributed by atoms with E-state index in [1.54, 1.807) is 19.1 Å². The van der Waals surface area contributed by atoms with E-state index >= 15 is 0 Å². The van der Waals surface area contributed by atoms with Gasteiger partial charge in [0.15, 0.2) is 0 Å². The smallest absolute Gasteiger partial charge is 0.321 e. The molecule has 0 spiro atoms. The summed E-state index contributed by atoms with van der Waals surface area (Å²) in [4.78, 5) is 0. The van der Waals surface area contributed by atoms with Crippen LogP contribution in [-0.2, 0) is 0 Å². The van der Waals surface area contributed by atoms with Crippen LogP contribution in [-0.4, -0.2) is 10.2 Å². The SMILES string of the molecule is Cc1cc(Nc2nnc(N)o2)ccc1F. The monoisotopic (exact) mass is 208 g/mol. The van der Waals surface area contributed by atoms with E-state index in [4.69, 9.17) is 10.2 Å². The Labute approximate surface area is 85.1 Å². The van der Waals surface area contributed by atoms with Gasteiger partial charge in [0, 0.05) is 5.69 Å². The Kier molecular flexibility index (Phi) is 2.24. The summed E-state index contributed by atoms with van der Waals surface area (Å²) in [6.07, 6.45) is 0. The number of nitrogen functional groups attached to an aromatic ring is 1. The number of aryl methyl sites for hydroxylation is 1. The minimum Gasteiger partial charge on any atom is -0.389 e. The summed E-state index contributed by atoms with van der Waals surface area (Å²) < 4.78 is 17.9. The standard InChI is InChI=1S/C9H9FN4O/c1-5-4-6(2-3-7(5)10)12-9-14-13-8(11)15-9/h2-4H,1H3,(H2,11,13)(H,12,14). The van der Waals surface area contributed by atoms with E-state index in [1.807, 2.05) is 0 Å². The van der Waals surface area contributed by atoms with Crippen molar-refractivity contribution in [2.45, 2.75) is 6.92 Å². The van der Waals surface area contributed by atoms with Crippen LogP contribution in [0, 0.1) is 12.7 Å². The lowest BCUT2D eigenvalue weighted by Crippen LogP contribution is -1.92. The first kappa shape index (κ1) is 9.45. The number of halogens is 1. The highest BCUT2D eigenvalue weighted by atomic mass is 19.1. The molecule has 0 aliphatic carbocycles. The van der Waals surface area contributed by atoms with Gasteiger partial charge in [0.1, 0.15) is 5.82 Å². The second kappa shape index (κ2) is 3.56. The fourth-order valence-corrected chi connectivity index (χ4v) is 1.13. The third-order valence-corrected chi connectivity index (χ3v) is 1.85. The average Bonchev–Trinajstić information content (AvgIpc) is 2.58. The van der Waals surface area contributed by atoms with Crippen LogP contribution in [0.2, 0.25) is 0 Å². The first-order valence-electron chi connectivity index (χ1n) is 4.27. The zero-order valence-corrected chi connectivity index (χ0v) is 7.99. The van der Waals surface area contributed by atoms with E-state index in [0.29, 0.717) is 11.3 Å². The maximum absolute atomic E-state index is 12.9. The van der Waals surface area contributed by atoms with Crippen LogP contribution in [0.15, 0.2) is 22.6 Å². The van der Waals surface area contributed by atoms with Crippen molar-refractivity contribution in [1.29, 1.82) is 0 Å². The molecule has 0 saturated heterocycles. The van der Waals surface area contributed by atoms with Crippen molar-refractivity contribution < 1.29 is 8.81 Å². The number of hydrogen-bond donors (Lipinski definition) is 2. The van der Waals surface area contributed by atoms with Gasteiger partial charge in [0.05, 0.1) is 0 Å². The molecule has 5 nitrogen and oxygen atoms in total. The minimum atomic E-state index is -0.259. The van der Waals surface area contributed by atoms with Crippen LogP contribution in [0.25, 0.3) is 0 Å². The summed E-state index contributed by atoms with van der Waals surface area (Å²) >= 11 is 0. The second-order valence-electron chi connectivity index (χ2n) is 3.03. The average molecular weight is 208 g/mol. The van der Waals surface area contributed by atoms with Crippen molar-refractivity contribution in [3.63, 3.8) is 0 Å². The Hall–Kier alpha value is -2.11. The molecule has 1 aromatic heterocycles. The zero-order chi connectivity index (χ0) is 10.8. The second-order valence-corrected chi connectivity index (χ2v) is 3.03. The minimum absolute atomic E-state index is 0.0173. The molecule has 0 aliphatic rings. The lowest BCUT2D eigenvalue weighted by atomic mass is 10.2. The van der Waals surface area contributed by atoms with Gasteiger partial charge in [-0.1, -0.05) is 10.2 Å². The van der Waals surface area contributed by atoms with Crippen LogP contribution in [0.3, 0.4) is 0 Å². The van der Waals surface area contributed by atoms with Crippen LogP contribution < -0.4 is 11.1 Å². The van der Waals surface area contributed by atoms with Crippen molar-refractivity contribution in [2.75, 3.05) is 11.1 Å². The van der Waals surface area contributed by atoms with E-state index in [1.165, 1.54) is 6.07 Å². The summed E-state index contributed by atoms with van der Waals surface area (Å²) in [5.74, 6) is -0.259. The number of hydrogen-bond acceptors (Lipinski definition) is 5. The van der Waals surface area contributed by atoms with Crippen LogP contribution in [0.5, 0.6) is 0 Å². The van der Waals surface area contributed by atoms with E-state index in [-0.39, 0.29) is 17.8 Å². The number of anilines is 3. The highest BCUT2D eigenvalue weighted by molar-refractivity contribution is 5.53. The first-order valence-corrected chi connectivity index (χ1v) is 4.27. The zero-order valence-electron chi connectivity index (χ0n) is 7.99. The Balaban J connectivity index is 2.21. The molecular weight excluding hydrogens is 199 g/mol. The summed E-state index contributed by atoms with van der Waals surface area (Å²) in [6, 6.07) is 4.73. The molecule has 0 aliphatic heterocycles. The molecule has 1 aromatic carbocycles. The van der Waals surface area contributed by atoms with Gasteiger partial charge in [-0.15, -0.1) is 0 Å². The molecule has 78 valence electrons. The molecule has 0 amide bonds. The van der Waals surface area contributed by atoms with Crippen LogP contribution >= 0.6 is 0 Å². The van der Waals surface area contributed by atoms with Crippen LogP contribution in [0.1, 0.15) is 5.56 Å².